The zero-order chi connectivity index (χ0) is 13.9. The van der Waals surface area contributed by atoms with Crippen molar-refractivity contribution < 1.29 is 4.79 Å². The number of hydrogen-bond acceptors (Lipinski definition) is 3. The molecule has 1 amide bonds. The minimum atomic E-state index is -0.845. The molecule has 1 saturated carbocycles. The molecular weight excluding hydrogens is 238 g/mol. The second-order valence-electron chi connectivity index (χ2n) is 6.68. The number of nitrogens with two attached hydrogens (primary N) is 2. The van der Waals surface area contributed by atoms with Crippen LogP contribution in [0.3, 0.4) is 0 Å². The van der Waals surface area contributed by atoms with Gasteiger partial charge in [-0.3, -0.25) is 4.79 Å². The molecule has 1 aliphatic heterocycles. The van der Waals surface area contributed by atoms with Gasteiger partial charge in [0.05, 0.1) is 5.54 Å². The van der Waals surface area contributed by atoms with Crippen LogP contribution in [0.25, 0.3) is 0 Å². The molecule has 4 nitrogen and oxygen atoms in total. The number of piperidine rings is 1. The van der Waals surface area contributed by atoms with Gasteiger partial charge in [-0.05, 0) is 64.5 Å². The fraction of sp³-hybridized carbons (Fsp3) is 0.933. The number of amides is 1. The molecule has 0 aromatic rings. The number of hydrogen-bond donors (Lipinski definition) is 2. The van der Waals surface area contributed by atoms with Crippen molar-refractivity contribution in [1.29, 1.82) is 0 Å². The molecule has 4 N–H and O–H groups in total. The molecule has 110 valence electrons. The summed E-state index contributed by atoms with van der Waals surface area (Å²) in [7, 11) is 0. The maximum atomic E-state index is 11.2. The quantitative estimate of drug-likeness (QED) is 0.795. The van der Waals surface area contributed by atoms with E-state index in [1.807, 2.05) is 0 Å². The van der Waals surface area contributed by atoms with E-state index in [4.69, 9.17) is 11.5 Å². The number of nitrogens with zero attached hydrogens (tertiary/aromatic N) is 1. The van der Waals surface area contributed by atoms with Crippen molar-refractivity contribution >= 4 is 5.91 Å². The van der Waals surface area contributed by atoms with E-state index in [9.17, 15) is 4.79 Å². The standard InChI is InChI=1S/C15H29N3O/c1-15(17,14(16)19)9-5-11-18-10-4-7-12-6-2-3-8-13(12)18/h12-13H,2-11,17H2,1H3,(H2,16,19). The van der Waals surface area contributed by atoms with Crippen LogP contribution < -0.4 is 11.5 Å². The van der Waals surface area contributed by atoms with Gasteiger partial charge in [0, 0.05) is 6.04 Å². The lowest BCUT2D eigenvalue weighted by Crippen LogP contribution is -2.50. The lowest BCUT2D eigenvalue weighted by atomic mass is 9.78. The van der Waals surface area contributed by atoms with Crippen LogP contribution in [-0.4, -0.2) is 35.5 Å². The Bertz CT molecular complexity index is 315. The molecule has 3 unspecified atom stereocenters. The summed E-state index contributed by atoms with van der Waals surface area (Å²) in [6.45, 7) is 4.04. The molecule has 1 heterocycles. The Balaban J connectivity index is 1.80. The number of carbonyl (C=O) groups is 1. The van der Waals surface area contributed by atoms with Crippen molar-refractivity contribution in [2.24, 2.45) is 17.4 Å². The van der Waals surface area contributed by atoms with Gasteiger partial charge in [-0.2, -0.15) is 0 Å². The van der Waals surface area contributed by atoms with Gasteiger partial charge in [0.1, 0.15) is 0 Å². The summed E-state index contributed by atoms with van der Waals surface area (Å²) in [4.78, 5) is 13.9. The SMILES string of the molecule is CC(N)(CCCN1CCCC2CCCCC21)C(N)=O. The van der Waals surface area contributed by atoms with Crippen LogP contribution in [0.5, 0.6) is 0 Å². The van der Waals surface area contributed by atoms with E-state index in [0.29, 0.717) is 6.42 Å². The Labute approximate surface area is 116 Å². The van der Waals surface area contributed by atoms with E-state index in [2.05, 4.69) is 4.90 Å². The smallest absolute Gasteiger partial charge is 0.237 e. The lowest BCUT2D eigenvalue weighted by Gasteiger charge is -2.44. The summed E-state index contributed by atoms with van der Waals surface area (Å²) in [5, 5.41) is 0. The van der Waals surface area contributed by atoms with E-state index in [0.717, 1.165) is 24.9 Å². The minimum absolute atomic E-state index is 0.387. The molecule has 2 fully saturated rings. The highest BCUT2D eigenvalue weighted by molar-refractivity contribution is 5.83. The molecule has 19 heavy (non-hydrogen) atoms. The molecule has 2 aliphatic rings. The average Bonchev–Trinajstić information content (AvgIpc) is 2.38. The monoisotopic (exact) mass is 267 g/mol. The van der Waals surface area contributed by atoms with Crippen LogP contribution in [0, 0.1) is 5.92 Å². The first-order valence-corrected chi connectivity index (χ1v) is 7.83. The first kappa shape index (κ1) is 14.8. The molecule has 4 heteroatoms. The van der Waals surface area contributed by atoms with Crippen molar-refractivity contribution in [3.63, 3.8) is 0 Å². The highest BCUT2D eigenvalue weighted by atomic mass is 16.1. The summed E-state index contributed by atoms with van der Waals surface area (Å²) in [5.74, 6) is 0.532. The van der Waals surface area contributed by atoms with Crippen LogP contribution in [-0.2, 0) is 4.79 Å². The van der Waals surface area contributed by atoms with E-state index in [1.54, 1.807) is 6.92 Å². The maximum absolute atomic E-state index is 11.2. The summed E-state index contributed by atoms with van der Waals surface area (Å²) in [6.07, 6.45) is 9.98. The van der Waals surface area contributed by atoms with Crippen LogP contribution >= 0.6 is 0 Å². The van der Waals surface area contributed by atoms with Crippen molar-refractivity contribution in [1.82, 2.24) is 4.90 Å². The Morgan fingerprint density at radius 2 is 1.95 bits per heavy atom. The zero-order valence-corrected chi connectivity index (χ0v) is 12.2. The highest BCUT2D eigenvalue weighted by Gasteiger charge is 2.33. The topological polar surface area (TPSA) is 72.3 Å². The second-order valence-corrected chi connectivity index (χ2v) is 6.68. The molecule has 1 aliphatic carbocycles. The molecule has 0 aromatic carbocycles. The predicted molar refractivity (Wildman–Crippen MR) is 77.6 cm³/mol. The van der Waals surface area contributed by atoms with Crippen molar-refractivity contribution in [2.75, 3.05) is 13.1 Å². The van der Waals surface area contributed by atoms with Crippen molar-refractivity contribution in [3.8, 4) is 0 Å². The Hall–Kier alpha value is -0.610. The average molecular weight is 267 g/mol. The van der Waals surface area contributed by atoms with Gasteiger partial charge in [0.2, 0.25) is 5.91 Å². The molecule has 0 bridgehead atoms. The number of rotatable bonds is 5. The van der Waals surface area contributed by atoms with Gasteiger partial charge in [0.15, 0.2) is 0 Å². The molecule has 3 atom stereocenters. The van der Waals surface area contributed by atoms with Crippen molar-refractivity contribution in [3.05, 3.63) is 0 Å². The third-order valence-electron chi connectivity index (χ3n) is 5.06. The Morgan fingerprint density at radius 1 is 1.26 bits per heavy atom. The van der Waals surface area contributed by atoms with E-state index in [-0.39, 0.29) is 5.91 Å². The minimum Gasteiger partial charge on any atom is -0.368 e. The summed E-state index contributed by atoms with van der Waals surface area (Å²) in [5.41, 5.74) is 10.4. The Kier molecular flexibility index (Phi) is 4.85. The summed E-state index contributed by atoms with van der Waals surface area (Å²) < 4.78 is 0. The number of primary amides is 1. The van der Waals surface area contributed by atoms with Crippen LogP contribution in [0.4, 0.5) is 0 Å². The van der Waals surface area contributed by atoms with Crippen LogP contribution in [0.15, 0.2) is 0 Å². The van der Waals surface area contributed by atoms with Crippen LogP contribution in [0.2, 0.25) is 0 Å². The van der Waals surface area contributed by atoms with E-state index >= 15 is 0 Å². The molecule has 0 radical (unpaired) electrons. The maximum Gasteiger partial charge on any atom is 0.237 e. The van der Waals surface area contributed by atoms with Crippen LogP contribution in [0.1, 0.15) is 58.3 Å². The van der Waals surface area contributed by atoms with Gasteiger partial charge in [-0.1, -0.05) is 12.8 Å². The molecule has 2 rings (SSSR count). The Morgan fingerprint density at radius 3 is 2.68 bits per heavy atom. The predicted octanol–water partition coefficient (Wildman–Crippen LogP) is 1.62. The number of likely N-dealkylation sites (tertiary alicyclic amines) is 1. The third kappa shape index (κ3) is 3.69. The van der Waals surface area contributed by atoms with Crippen molar-refractivity contribution in [2.45, 2.75) is 69.9 Å². The third-order valence-corrected chi connectivity index (χ3v) is 5.06. The fourth-order valence-corrected chi connectivity index (χ4v) is 3.78. The van der Waals surface area contributed by atoms with E-state index in [1.165, 1.54) is 45.1 Å². The molecule has 0 spiro atoms. The number of fused-ring (bicyclic) bond motifs is 1. The van der Waals surface area contributed by atoms with Gasteiger partial charge in [-0.15, -0.1) is 0 Å². The zero-order valence-electron chi connectivity index (χ0n) is 12.2. The summed E-state index contributed by atoms with van der Waals surface area (Å²) >= 11 is 0. The normalized spacial score (nSPS) is 31.5. The second kappa shape index (κ2) is 6.23. The molecular formula is C15H29N3O. The van der Waals surface area contributed by atoms with E-state index < -0.39 is 5.54 Å². The van der Waals surface area contributed by atoms with Gasteiger partial charge < -0.3 is 16.4 Å². The highest BCUT2D eigenvalue weighted by Crippen LogP contribution is 2.35. The van der Waals surface area contributed by atoms with Gasteiger partial charge >= 0.3 is 0 Å². The van der Waals surface area contributed by atoms with Gasteiger partial charge in [0.25, 0.3) is 0 Å². The first-order valence-electron chi connectivity index (χ1n) is 7.83. The number of carbonyl (C=O) groups excluding carboxylic acids is 1. The summed E-state index contributed by atoms with van der Waals surface area (Å²) in [6, 6.07) is 0.792. The first-order chi connectivity index (χ1) is 9.00. The molecule has 1 saturated heterocycles. The van der Waals surface area contributed by atoms with Gasteiger partial charge in [-0.25, -0.2) is 0 Å². The fourth-order valence-electron chi connectivity index (χ4n) is 3.78. The lowest BCUT2D eigenvalue weighted by molar-refractivity contribution is -0.122. The molecule has 0 aromatic heterocycles. The largest absolute Gasteiger partial charge is 0.368 e.